The number of hydrogen-bond acceptors (Lipinski definition) is 6. The van der Waals surface area contributed by atoms with Crippen molar-refractivity contribution < 1.29 is 14.4 Å². The summed E-state index contributed by atoms with van der Waals surface area (Å²) in [7, 11) is 0. The molecule has 0 unspecified atom stereocenters. The lowest BCUT2D eigenvalue weighted by atomic mass is 10.0. The maximum Gasteiger partial charge on any atom is 0.243 e. The summed E-state index contributed by atoms with van der Waals surface area (Å²) in [6.45, 7) is 0.554. The van der Waals surface area contributed by atoms with Gasteiger partial charge in [0.2, 0.25) is 17.7 Å². The van der Waals surface area contributed by atoms with Crippen LogP contribution in [0.15, 0.2) is 127 Å². The highest BCUT2D eigenvalue weighted by atomic mass is 35.5. The third-order valence-corrected chi connectivity index (χ3v) is 9.29. The van der Waals surface area contributed by atoms with Crippen molar-refractivity contribution in [2.75, 3.05) is 6.54 Å². The summed E-state index contributed by atoms with van der Waals surface area (Å²) in [4.78, 5) is 56.3. The van der Waals surface area contributed by atoms with Crippen LogP contribution in [-0.2, 0) is 33.8 Å². The summed E-state index contributed by atoms with van der Waals surface area (Å²) in [6.07, 6.45) is 4.45. The van der Waals surface area contributed by atoms with Gasteiger partial charge in [-0.1, -0.05) is 103 Å². The fourth-order valence-corrected chi connectivity index (χ4v) is 6.35. The first-order valence-corrected chi connectivity index (χ1v) is 18.2. The molecule has 2 heterocycles. The van der Waals surface area contributed by atoms with Crippen molar-refractivity contribution >= 4 is 59.4 Å². The van der Waals surface area contributed by atoms with E-state index in [1.165, 1.54) is 0 Å². The number of fused-ring (bicyclic) bond motifs is 1. The van der Waals surface area contributed by atoms with Crippen LogP contribution in [0.2, 0.25) is 0 Å². The van der Waals surface area contributed by atoms with E-state index in [1.807, 2.05) is 103 Å². The van der Waals surface area contributed by atoms with E-state index in [4.69, 9.17) is 17.2 Å². The lowest BCUT2D eigenvalue weighted by Crippen LogP contribution is -2.56. The Morgan fingerprint density at radius 2 is 1.35 bits per heavy atom. The number of carbonyl (C=O) groups excluding carboxylic acids is 3. The van der Waals surface area contributed by atoms with Gasteiger partial charge in [0, 0.05) is 60.5 Å². The van der Waals surface area contributed by atoms with Gasteiger partial charge in [-0.15, -0.1) is 24.8 Å². The minimum atomic E-state index is -1.06. The average Bonchev–Trinajstić information content (AvgIpc) is 3.85. The molecule has 2 aromatic heterocycles. The second kappa shape index (κ2) is 21.2. The molecule has 11 N–H and O–H groups in total. The van der Waals surface area contributed by atoms with E-state index in [-0.39, 0.29) is 69.0 Å². The molecular formula is C42H48Cl2N10O3. The lowest BCUT2D eigenvalue weighted by molar-refractivity contribution is -0.132. The minimum absolute atomic E-state index is 0. The Labute approximate surface area is 343 Å². The number of H-pyrrole nitrogens is 2. The van der Waals surface area contributed by atoms with E-state index in [2.05, 4.69) is 48.0 Å². The number of rotatable bonds is 17. The zero-order chi connectivity index (χ0) is 38.6. The maximum absolute atomic E-state index is 14.1. The van der Waals surface area contributed by atoms with E-state index in [9.17, 15) is 14.4 Å². The maximum atomic E-state index is 14.1. The predicted molar refractivity (Wildman–Crippen MR) is 230 cm³/mol. The summed E-state index contributed by atoms with van der Waals surface area (Å²) in [5.74, 6) is -0.844. The normalized spacial score (nSPS) is 12.2. The number of nitrogens with two attached hydrogens (primary N) is 3. The summed E-state index contributed by atoms with van der Waals surface area (Å²) in [5, 5.41) is 9.59. The molecule has 4 aromatic carbocycles. The molecule has 0 saturated carbocycles. The van der Waals surface area contributed by atoms with Crippen LogP contribution in [0.4, 0.5) is 0 Å². The van der Waals surface area contributed by atoms with Crippen LogP contribution < -0.4 is 33.2 Å². The number of benzene rings is 4. The smallest absolute Gasteiger partial charge is 0.243 e. The summed E-state index contributed by atoms with van der Waals surface area (Å²) in [5.41, 5.74) is 23.8. The highest BCUT2D eigenvalue weighted by Crippen LogP contribution is 2.24. The van der Waals surface area contributed by atoms with Gasteiger partial charge >= 0.3 is 0 Å². The third-order valence-electron chi connectivity index (χ3n) is 9.29. The Morgan fingerprint density at radius 1 is 0.719 bits per heavy atom. The van der Waals surface area contributed by atoms with Crippen LogP contribution in [0.3, 0.4) is 0 Å². The van der Waals surface area contributed by atoms with Crippen LogP contribution in [0.1, 0.15) is 29.7 Å². The number of carbonyl (C=O) groups is 3. The standard InChI is InChI=1S/C42H46N10O3.2ClH/c43-34(23-32-26-48-38(50-32)30-19-17-29(18-20-30)28-12-5-2-6-13-28)39(53)52-37(22-31-25-47-35-15-8-7-14-33(31)35)41(55)51-36(16-9-21-46-42(44)45)40(54)49-24-27-10-3-1-4-11-27;;/h1-8,10-15,17-20,25-26,34,36-37,47H,9,16,21-24,43H2,(H,48,50)(H,49,54)(H,51,55)(H,52,53)(H4,44,45,46);2*1H/t34-,36-,37-;;/m0../s1. The number of nitrogens with zero attached hydrogens (tertiary/aromatic N) is 2. The number of hydrogen-bond donors (Lipinski definition) is 8. The Balaban J connectivity index is 0.00000360. The number of nitrogens with one attached hydrogen (secondary N) is 5. The number of aromatic amines is 2. The molecule has 57 heavy (non-hydrogen) atoms. The van der Waals surface area contributed by atoms with Gasteiger partial charge in [0.05, 0.1) is 6.04 Å². The molecule has 3 amide bonds. The SMILES string of the molecule is Cl.Cl.NC(N)=NCCC[C@H](NC(=O)[C@H](Cc1c[nH]c2ccccc12)NC(=O)[C@@H](N)Cc1cnc(-c2ccc(-c3ccccc3)cc2)[nH]1)C(=O)NCc1ccccc1. The molecule has 298 valence electrons. The zero-order valence-electron chi connectivity index (χ0n) is 31.2. The van der Waals surface area contributed by atoms with E-state index >= 15 is 0 Å². The van der Waals surface area contributed by atoms with Crippen molar-refractivity contribution in [2.45, 2.75) is 50.4 Å². The summed E-state index contributed by atoms with van der Waals surface area (Å²) in [6, 6.07) is 32.3. The molecule has 3 atom stereocenters. The molecule has 6 aromatic rings. The molecule has 6 rings (SSSR count). The fraction of sp³-hybridized carbons (Fsp3) is 0.214. The molecule has 0 aliphatic carbocycles. The van der Waals surface area contributed by atoms with Gasteiger partial charge in [0.15, 0.2) is 5.96 Å². The molecule has 0 fully saturated rings. The lowest BCUT2D eigenvalue weighted by Gasteiger charge is -2.24. The summed E-state index contributed by atoms with van der Waals surface area (Å²) >= 11 is 0. The number of halogens is 2. The highest BCUT2D eigenvalue weighted by Gasteiger charge is 2.29. The van der Waals surface area contributed by atoms with Gasteiger partial charge in [0.25, 0.3) is 0 Å². The summed E-state index contributed by atoms with van der Waals surface area (Å²) < 4.78 is 0. The molecule has 0 spiro atoms. The van der Waals surface area contributed by atoms with Gasteiger partial charge < -0.3 is 43.1 Å². The van der Waals surface area contributed by atoms with Gasteiger partial charge in [0.1, 0.15) is 17.9 Å². The Bertz CT molecular complexity index is 2220. The monoisotopic (exact) mass is 810 g/mol. The van der Waals surface area contributed by atoms with Crippen LogP contribution in [0.5, 0.6) is 0 Å². The topological polar surface area (TPSA) is 222 Å². The minimum Gasteiger partial charge on any atom is -0.370 e. The molecular weight excluding hydrogens is 763 g/mol. The molecule has 0 aliphatic rings. The number of aromatic nitrogens is 3. The zero-order valence-corrected chi connectivity index (χ0v) is 32.8. The molecule has 0 bridgehead atoms. The number of aliphatic imine (C=N–C) groups is 1. The van der Waals surface area contributed by atoms with Crippen LogP contribution in [-0.4, -0.2) is 63.3 Å². The van der Waals surface area contributed by atoms with Gasteiger partial charge in [-0.05, 0) is 41.2 Å². The fourth-order valence-electron chi connectivity index (χ4n) is 6.35. The molecule has 0 radical (unpaired) electrons. The van der Waals surface area contributed by atoms with Crippen molar-refractivity contribution in [3.8, 4) is 22.5 Å². The van der Waals surface area contributed by atoms with Crippen LogP contribution in [0.25, 0.3) is 33.4 Å². The van der Waals surface area contributed by atoms with Crippen LogP contribution in [0, 0.1) is 0 Å². The van der Waals surface area contributed by atoms with E-state index < -0.39 is 29.9 Å². The number of amides is 3. The second-order valence-corrected chi connectivity index (χ2v) is 13.3. The van der Waals surface area contributed by atoms with Crippen molar-refractivity contribution in [3.05, 3.63) is 138 Å². The first-order valence-electron chi connectivity index (χ1n) is 18.2. The molecule has 15 heteroatoms. The van der Waals surface area contributed by atoms with E-state index in [0.717, 1.165) is 38.7 Å². The Morgan fingerprint density at radius 3 is 2.07 bits per heavy atom. The number of imidazole rings is 1. The van der Waals surface area contributed by atoms with Crippen molar-refractivity contribution in [1.29, 1.82) is 0 Å². The largest absolute Gasteiger partial charge is 0.370 e. The Hall–Kier alpha value is -6.15. The van der Waals surface area contributed by atoms with E-state index in [0.29, 0.717) is 17.9 Å². The molecule has 0 saturated heterocycles. The highest BCUT2D eigenvalue weighted by molar-refractivity contribution is 5.94. The number of guanidine groups is 1. The van der Waals surface area contributed by atoms with Crippen molar-refractivity contribution in [2.24, 2.45) is 22.2 Å². The Kier molecular flexibility index (Phi) is 16.2. The molecule has 13 nitrogen and oxygen atoms in total. The number of para-hydroxylation sites is 1. The van der Waals surface area contributed by atoms with Crippen LogP contribution >= 0.6 is 24.8 Å². The first-order chi connectivity index (χ1) is 26.7. The van der Waals surface area contributed by atoms with Crippen molar-refractivity contribution in [1.82, 2.24) is 30.9 Å². The first kappa shape index (κ1) is 43.6. The van der Waals surface area contributed by atoms with Gasteiger partial charge in [-0.25, -0.2) is 4.98 Å². The van der Waals surface area contributed by atoms with Gasteiger partial charge in [-0.2, -0.15) is 0 Å². The third kappa shape index (κ3) is 12.2. The van der Waals surface area contributed by atoms with Gasteiger partial charge in [-0.3, -0.25) is 19.4 Å². The van der Waals surface area contributed by atoms with Crippen molar-refractivity contribution in [3.63, 3.8) is 0 Å². The molecule has 0 aliphatic heterocycles. The predicted octanol–water partition coefficient (Wildman–Crippen LogP) is 4.52. The van der Waals surface area contributed by atoms with E-state index in [1.54, 1.807) is 6.20 Å². The quantitative estimate of drug-likeness (QED) is 0.0374. The average molecular weight is 812 g/mol. The second-order valence-electron chi connectivity index (χ2n) is 13.3.